The van der Waals surface area contributed by atoms with Crippen molar-refractivity contribution in [1.82, 2.24) is 10.2 Å². The van der Waals surface area contributed by atoms with Gasteiger partial charge in [0.25, 0.3) is 10.0 Å². The van der Waals surface area contributed by atoms with Crippen molar-refractivity contribution >= 4 is 26.5 Å². The molecule has 2 aromatic rings. The van der Waals surface area contributed by atoms with Crippen LogP contribution in [0.5, 0.6) is 0 Å². The summed E-state index contributed by atoms with van der Waals surface area (Å²) in [5.74, 6) is 0. The maximum absolute atomic E-state index is 12.4. The van der Waals surface area contributed by atoms with Crippen molar-refractivity contribution in [3.05, 3.63) is 34.8 Å². The average Bonchev–Trinajstić information content (AvgIpc) is 2.92. The molecule has 0 bridgehead atoms. The number of aryl methyl sites for hydroxylation is 2. The van der Waals surface area contributed by atoms with Crippen molar-refractivity contribution in [3.8, 4) is 0 Å². The molecule has 5 nitrogen and oxygen atoms in total. The van der Waals surface area contributed by atoms with E-state index < -0.39 is 10.0 Å². The Bertz CT molecular complexity index is 726. The number of benzene rings is 1. The smallest absolute Gasteiger partial charge is 0.253 e. The number of nitrogens with one attached hydrogen (secondary N) is 1. The Hall–Kier alpha value is -1.47. The molecule has 7 heteroatoms. The minimum atomic E-state index is -3.60. The molecule has 0 aliphatic rings. The van der Waals surface area contributed by atoms with Crippen LogP contribution in [-0.2, 0) is 16.4 Å². The quantitative estimate of drug-likeness (QED) is 0.687. The molecule has 1 heterocycles. The summed E-state index contributed by atoms with van der Waals surface area (Å²) in [7, 11) is -3.60. The molecule has 1 aromatic heterocycles. The van der Waals surface area contributed by atoms with Gasteiger partial charge in [0.1, 0.15) is 5.01 Å². The standard InChI is InChI=1S/C16H23N3O2S2/c1-3-4-5-6-7-9-14-10-8-11-15(12-14)23(20,21)19-16-18-17-13(2)22-16/h8,10-12H,3-7,9H2,1-2H3,(H,18,19). The molecule has 0 saturated heterocycles. The summed E-state index contributed by atoms with van der Waals surface area (Å²) in [6.45, 7) is 3.98. The summed E-state index contributed by atoms with van der Waals surface area (Å²) in [5.41, 5.74) is 1.05. The van der Waals surface area contributed by atoms with Crippen molar-refractivity contribution < 1.29 is 8.42 Å². The predicted octanol–water partition coefficient (Wildman–Crippen LogP) is 4.16. The zero-order valence-electron chi connectivity index (χ0n) is 13.6. The number of sulfonamides is 1. The minimum Gasteiger partial charge on any atom is -0.253 e. The summed E-state index contributed by atoms with van der Waals surface area (Å²) in [6.07, 6.45) is 6.92. The molecule has 1 aromatic carbocycles. The van der Waals surface area contributed by atoms with Crippen LogP contribution in [0.25, 0.3) is 0 Å². The normalized spacial score (nSPS) is 11.6. The van der Waals surface area contributed by atoms with Crippen LogP contribution >= 0.6 is 11.3 Å². The van der Waals surface area contributed by atoms with Gasteiger partial charge in [0.2, 0.25) is 5.13 Å². The fourth-order valence-corrected chi connectivity index (χ4v) is 4.20. The molecule has 0 saturated carbocycles. The summed E-state index contributed by atoms with van der Waals surface area (Å²) < 4.78 is 27.3. The molecule has 0 amide bonds. The van der Waals surface area contributed by atoms with Gasteiger partial charge in [-0.05, 0) is 37.5 Å². The van der Waals surface area contributed by atoms with E-state index in [9.17, 15) is 8.42 Å². The summed E-state index contributed by atoms with van der Waals surface area (Å²) in [6, 6.07) is 7.13. The zero-order valence-corrected chi connectivity index (χ0v) is 15.2. The third-order valence-corrected chi connectivity index (χ3v) is 5.75. The van der Waals surface area contributed by atoms with Crippen molar-refractivity contribution in [2.24, 2.45) is 0 Å². The molecule has 0 unspecified atom stereocenters. The van der Waals surface area contributed by atoms with E-state index in [4.69, 9.17) is 0 Å². The lowest BCUT2D eigenvalue weighted by atomic mass is 10.1. The van der Waals surface area contributed by atoms with Crippen molar-refractivity contribution in [2.75, 3.05) is 4.72 Å². The van der Waals surface area contributed by atoms with Crippen LogP contribution in [0.2, 0.25) is 0 Å². The Morgan fingerprint density at radius 1 is 1.13 bits per heavy atom. The highest BCUT2D eigenvalue weighted by atomic mass is 32.2. The van der Waals surface area contributed by atoms with Crippen LogP contribution in [-0.4, -0.2) is 18.6 Å². The fourth-order valence-electron chi connectivity index (χ4n) is 2.31. The van der Waals surface area contributed by atoms with Crippen molar-refractivity contribution in [1.29, 1.82) is 0 Å². The first-order chi connectivity index (χ1) is 11.0. The van der Waals surface area contributed by atoms with Gasteiger partial charge < -0.3 is 0 Å². The number of hydrogen-bond acceptors (Lipinski definition) is 5. The van der Waals surface area contributed by atoms with Crippen LogP contribution in [0.3, 0.4) is 0 Å². The van der Waals surface area contributed by atoms with Gasteiger partial charge in [-0.25, -0.2) is 8.42 Å². The van der Waals surface area contributed by atoms with E-state index >= 15 is 0 Å². The van der Waals surface area contributed by atoms with Crippen LogP contribution in [0, 0.1) is 6.92 Å². The molecule has 0 aliphatic carbocycles. The van der Waals surface area contributed by atoms with Gasteiger partial charge in [-0.2, -0.15) is 0 Å². The van der Waals surface area contributed by atoms with Gasteiger partial charge in [-0.3, -0.25) is 4.72 Å². The number of hydrogen-bond donors (Lipinski definition) is 1. The molecule has 0 radical (unpaired) electrons. The average molecular weight is 354 g/mol. The van der Waals surface area contributed by atoms with E-state index in [-0.39, 0.29) is 4.90 Å². The Labute approximate surface area is 142 Å². The van der Waals surface area contributed by atoms with E-state index in [1.165, 1.54) is 37.0 Å². The maximum atomic E-state index is 12.4. The van der Waals surface area contributed by atoms with Gasteiger partial charge in [-0.15, -0.1) is 10.2 Å². The second-order valence-corrected chi connectivity index (χ2v) is 8.41. The second kappa shape index (κ2) is 8.40. The number of aromatic nitrogens is 2. The Balaban J connectivity index is 2.00. The largest absolute Gasteiger partial charge is 0.263 e. The van der Waals surface area contributed by atoms with Crippen LogP contribution in [0.15, 0.2) is 29.2 Å². The van der Waals surface area contributed by atoms with Crippen molar-refractivity contribution in [3.63, 3.8) is 0 Å². The number of unbranched alkanes of at least 4 members (excludes halogenated alkanes) is 4. The minimum absolute atomic E-state index is 0.274. The zero-order chi connectivity index (χ0) is 16.7. The highest BCUT2D eigenvalue weighted by molar-refractivity contribution is 7.93. The van der Waals surface area contributed by atoms with Gasteiger partial charge in [-0.1, -0.05) is 56.1 Å². The molecule has 0 aliphatic heterocycles. The Morgan fingerprint density at radius 2 is 1.91 bits per heavy atom. The molecule has 126 valence electrons. The SMILES string of the molecule is CCCCCCCc1cccc(S(=O)(=O)Nc2nnc(C)s2)c1. The van der Waals surface area contributed by atoms with Gasteiger partial charge in [0.05, 0.1) is 4.90 Å². The first kappa shape index (κ1) is 17.9. The van der Waals surface area contributed by atoms with Crippen LogP contribution < -0.4 is 4.72 Å². The summed E-state index contributed by atoms with van der Waals surface area (Å²) in [5, 5.41) is 8.65. The third kappa shape index (κ3) is 5.58. The lowest BCUT2D eigenvalue weighted by Gasteiger charge is -2.07. The topological polar surface area (TPSA) is 72.0 Å². The number of nitrogens with zero attached hydrogens (tertiary/aromatic N) is 2. The van der Waals surface area contributed by atoms with E-state index in [0.717, 1.165) is 23.4 Å². The first-order valence-electron chi connectivity index (χ1n) is 7.93. The van der Waals surface area contributed by atoms with Gasteiger partial charge in [0.15, 0.2) is 0 Å². The lowest BCUT2D eigenvalue weighted by Crippen LogP contribution is -2.13. The summed E-state index contributed by atoms with van der Waals surface area (Å²) >= 11 is 1.22. The highest BCUT2D eigenvalue weighted by Crippen LogP contribution is 2.20. The second-order valence-electron chi connectivity index (χ2n) is 5.54. The molecule has 0 atom stereocenters. The molecule has 23 heavy (non-hydrogen) atoms. The number of rotatable bonds is 9. The van der Waals surface area contributed by atoms with E-state index in [0.29, 0.717) is 5.13 Å². The Morgan fingerprint density at radius 3 is 2.61 bits per heavy atom. The van der Waals surface area contributed by atoms with E-state index in [2.05, 4.69) is 21.8 Å². The predicted molar refractivity (Wildman–Crippen MR) is 94.4 cm³/mol. The maximum Gasteiger partial charge on any atom is 0.263 e. The highest BCUT2D eigenvalue weighted by Gasteiger charge is 2.16. The van der Waals surface area contributed by atoms with E-state index in [1.54, 1.807) is 25.1 Å². The van der Waals surface area contributed by atoms with Crippen molar-refractivity contribution in [2.45, 2.75) is 57.3 Å². The van der Waals surface area contributed by atoms with Crippen LogP contribution in [0.4, 0.5) is 5.13 Å². The van der Waals surface area contributed by atoms with E-state index in [1.807, 2.05) is 6.07 Å². The monoisotopic (exact) mass is 353 g/mol. The fraction of sp³-hybridized carbons (Fsp3) is 0.500. The van der Waals surface area contributed by atoms with Gasteiger partial charge >= 0.3 is 0 Å². The third-order valence-electron chi connectivity index (χ3n) is 3.53. The first-order valence-corrected chi connectivity index (χ1v) is 10.2. The Kier molecular flexibility index (Phi) is 6.53. The molecular weight excluding hydrogens is 330 g/mol. The summed E-state index contributed by atoms with van der Waals surface area (Å²) in [4.78, 5) is 0.274. The lowest BCUT2D eigenvalue weighted by molar-refractivity contribution is 0.600. The van der Waals surface area contributed by atoms with Gasteiger partial charge in [0, 0.05) is 0 Å². The molecule has 1 N–H and O–H groups in total. The molecule has 0 fully saturated rings. The number of anilines is 1. The molecular formula is C16H23N3O2S2. The van der Waals surface area contributed by atoms with Crippen LogP contribution in [0.1, 0.15) is 49.6 Å². The molecule has 2 rings (SSSR count). The molecule has 0 spiro atoms.